The molecule has 0 spiro atoms. The third-order valence-corrected chi connectivity index (χ3v) is 4.93. The number of aryl methyl sites for hydroxylation is 1. The summed E-state index contributed by atoms with van der Waals surface area (Å²) in [6, 6.07) is 6.07. The molecule has 1 aliphatic heterocycles. The molecule has 7 heteroatoms. The van der Waals surface area contributed by atoms with Crippen LogP contribution in [-0.4, -0.2) is 52.1 Å². The lowest BCUT2D eigenvalue weighted by Crippen LogP contribution is -2.33. The molecule has 124 valence electrons. The van der Waals surface area contributed by atoms with E-state index in [0.29, 0.717) is 6.54 Å². The van der Waals surface area contributed by atoms with Crippen LogP contribution >= 0.6 is 11.5 Å². The van der Waals surface area contributed by atoms with Gasteiger partial charge >= 0.3 is 0 Å². The third kappa shape index (κ3) is 4.25. The summed E-state index contributed by atoms with van der Waals surface area (Å²) >= 11 is 1.44. The molecular formula is C16H21FN4OS. The van der Waals surface area contributed by atoms with Crippen molar-refractivity contribution in [3.63, 3.8) is 0 Å². The minimum absolute atomic E-state index is 0.279. The van der Waals surface area contributed by atoms with Crippen LogP contribution in [0.2, 0.25) is 0 Å². The van der Waals surface area contributed by atoms with Gasteiger partial charge in [0.05, 0.1) is 6.10 Å². The van der Waals surface area contributed by atoms with Gasteiger partial charge in [-0.05, 0) is 31.0 Å². The lowest BCUT2D eigenvalue weighted by molar-refractivity contribution is 0.117. The van der Waals surface area contributed by atoms with Crippen molar-refractivity contribution in [1.29, 1.82) is 0 Å². The maximum absolute atomic E-state index is 13.0. The normalized spacial score (nSPS) is 18.0. The summed E-state index contributed by atoms with van der Waals surface area (Å²) in [5.41, 5.74) is 0.757. The zero-order valence-electron chi connectivity index (χ0n) is 13.2. The molecule has 0 amide bonds. The zero-order valence-corrected chi connectivity index (χ0v) is 14.0. The van der Waals surface area contributed by atoms with Gasteiger partial charge in [-0.1, -0.05) is 12.1 Å². The number of nitrogens with zero attached hydrogens (tertiary/aromatic N) is 4. The molecule has 1 N–H and O–H groups in total. The summed E-state index contributed by atoms with van der Waals surface area (Å²) < 4.78 is 17.2. The fourth-order valence-corrected chi connectivity index (χ4v) is 3.52. The van der Waals surface area contributed by atoms with Crippen LogP contribution in [0.5, 0.6) is 0 Å². The van der Waals surface area contributed by atoms with Gasteiger partial charge in [0.15, 0.2) is 0 Å². The van der Waals surface area contributed by atoms with Crippen molar-refractivity contribution >= 4 is 16.7 Å². The molecule has 1 saturated heterocycles. The van der Waals surface area contributed by atoms with Crippen LogP contribution in [-0.2, 0) is 0 Å². The molecule has 1 aromatic carbocycles. The molecule has 0 aliphatic carbocycles. The lowest BCUT2D eigenvalue weighted by Gasteiger charge is -2.24. The number of halogens is 1. The largest absolute Gasteiger partial charge is 0.387 e. The number of hydrogen-bond donors (Lipinski definition) is 1. The van der Waals surface area contributed by atoms with Crippen LogP contribution < -0.4 is 4.90 Å². The summed E-state index contributed by atoms with van der Waals surface area (Å²) in [6.45, 7) is 6.11. The summed E-state index contributed by atoms with van der Waals surface area (Å²) in [5, 5.41) is 11.3. The fourth-order valence-electron chi connectivity index (χ4n) is 2.79. The Balaban J connectivity index is 1.56. The van der Waals surface area contributed by atoms with Gasteiger partial charge in [-0.15, -0.1) is 0 Å². The van der Waals surface area contributed by atoms with Crippen LogP contribution in [0.4, 0.5) is 9.52 Å². The van der Waals surface area contributed by atoms with Gasteiger partial charge in [0.2, 0.25) is 5.13 Å². The summed E-state index contributed by atoms with van der Waals surface area (Å²) in [6.07, 6.45) is 0.431. The van der Waals surface area contributed by atoms with Crippen molar-refractivity contribution in [2.24, 2.45) is 0 Å². The minimum Gasteiger partial charge on any atom is -0.387 e. The first-order chi connectivity index (χ1) is 11.1. The second-order valence-corrected chi connectivity index (χ2v) is 6.56. The Hall–Kier alpha value is -1.57. The Bertz CT molecular complexity index is 633. The summed E-state index contributed by atoms with van der Waals surface area (Å²) in [5.74, 6) is 0.538. The molecular weight excluding hydrogens is 315 g/mol. The fraction of sp³-hybridized carbons (Fsp3) is 0.500. The van der Waals surface area contributed by atoms with E-state index >= 15 is 0 Å². The van der Waals surface area contributed by atoms with Gasteiger partial charge < -0.3 is 10.0 Å². The number of anilines is 1. The van der Waals surface area contributed by atoms with Crippen molar-refractivity contribution < 1.29 is 9.50 Å². The van der Waals surface area contributed by atoms with E-state index in [2.05, 4.69) is 19.2 Å². The molecule has 0 bridgehead atoms. The molecule has 5 nitrogen and oxygen atoms in total. The quantitative estimate of drug-likeness (QED) is 0.928. The molecule has 1 unspecified atom stereocenters. The van der Waals surface area contributed by atoms with E-state index in [0.717, 1.165) is 49.1 Å². The third-order valence-electron chi connectivity index (χ3n) is 4.06. The summed E-state index contributed by atoms with van der Waals surface area (Å²) in [4.78, 5) is 8.96. The van der Waals surface area contributed by atoms with Crippen LogP contribution in [0.1, 0.15) is 23.9 Å². The van der Waals surface area contributed by atoms with Crippen LogP contribution in [0, 0.1) is 12.7 Å². The Kier molecular flexibility index (Phi) is 5.20. The first kappa shape index (κ1) is 16.3. The SMILES string of the molecule is Cc1nsc(N2CCCN(CC(O)c3ccc(F)cc3)CC2)n1. The highest BCUT2D eigenvalue weighted by atomic mass is 32.1. The predicted octanol–water partition coefficient (Wildman–Crippen LogP) is 2.23. The smallest absolute Gasteiger partial charge is 0.205 e. The maximum Gasteiger partial charge on any atom is 0.205 e. The highest BCUT2D eigenvalue weighted by molar-refractivity contribution is 7.09. The van der Waals surface area contributed by atoms with E-state index in [1.807, 2.05) is 6.92 Å². The predicted molar refractivity (Wildman–Crippen MR) is 89.3 cm³/mol. The van der Waals surface area contributed by atoms with Gasteiger partial charge in [0.1, 0.15) is 11.6 Å². The second kappa shape index (κ2) is 7.33. The van der Waals surface area contributed by atoms with E-state index in [4.69, 9.17) is 0 Å². The van der Waals surface area contributed by atoms with Crippen molar-refractivity contribution in [1.82, 2.24) is 14.3 Å². The van der Waals surface area contributed by atoms with Crippen molar-refractivity contribution in [3.8, 4) is 0 Å². The topological polar surface area (TPSA) is 52.5 Å². The molecule has 2 aromatic rings. The molecule has 1 aliphatic rings. The van der Waals surface area contributed by atoms with Crippen LogP contribution in [0.3, 0.4) is 0 Å². The Morgan fingerprint density at radius 2 is 2.00 bits per heavy atom. The molecule has 3 rings (SSSR count). The first-order valence-corrected chi connectivity index (χ1v) is 8.60. The van der Waals surface area contributed by atoms with E-state index in [9.17, 15) is 9.50 Å². The van der Waals surface area contributed by atoms with Crippen LogP contribution in [0.15, 0.2) is 24.3 Å². The molecule has 23 heavy (non-hydrogen) atoms. The molecule has 1 fully saturated rings. The van der Waals surface area contributed by atoms with Crippen molar-refractivity contribution in [3.05, 3.63) is 41.5 Å². The molecule has 1 aromatic heterocycles. The van der Waals surface area contributed by atoms with Gasteiger partial charge in [0.25, 0.3) is 0 Å². The number of benzene rings is 1. The molecule has 2 heterocycles. The van der Waals surface area contributed by atoms with Gasteiger partial charge in [-0.2, -0.15) is 4.37 Å². The van der Waals surface area contributed by atoms with Gasteiger partial charge in [0, 0.05) is 44.3 Å². The second-order valence-electron chi connectivity index (χ2n) is 5.83. The molecule has 0 radical (unpaired) electrons. The highest BCUT2D eigenvalue weighted by Crippen LogP contribution is 2.20. The minimum atomic E-state index is -0.592. The molecule has 0 saturated carbocycles. The zero-order chi connectivity index (χ0) is 16.2. The first-order valence-electron chi connectivity index (χ1n) is 7.83. The number of rotatable bonds is 4. The lowest BCUT2D eigenvalue weighted by atomic mass is 10.1. The summed E-state index contributed by atoms with van der Waals surface area (Å²) in [7, 11) is 0. The van der Waals surface area contributed by atoms with E-state index in [1.165, 1.54) is 23.7 Å². The number of β-amino-alcohol motifs (C(OH)–C–C–N with tert-alkyl or cyclic N) is 1. The molecule has 1 atom stereocenters. The number of hydrogen-bond acceptors (Lipinski definition) is 6. The number of aliphatic hydroxyl groups is 1. The number of aliphatic hydroxyl groups excluding tert-OH is 1. The average molecular weight is 336 g/mol. The van der Waals surface area contributed by atoms with E-state index in [1.54, 1.807) is 12.1 Å². The average Bonchev–Trinajstić information content (AvgIpc) is 2.83. The van der Waals surface area contributed by atoms with Crippen LogP contribution in [0.25, 0.3) is 0 Å². The van der Waals surface area contributed by atoms with Gasteiger partial charge in [-0.3, -0.25) is 4.90 Å². The van der Waals surface area contributed by atoms with Crippen molar-refractivity contribution in [2.75, 3.05) is 37.6 Å². The van der Waals surface area contributed by atoms with E-state index in [-0.39, 0.29) is 5.82 Å². The standard InChI is InChI=1S/C16H21FN4OS/c1-12-18-16(23-19-12)21-8-2-7-20(9-10-21)11-15(22)13-3-5-14(17)6-4-13/h3-6,15,22H,2,7-11H2,1H3. The Morgan fingerprint density at radius 1 is 1.22 bits per heavy atom. The maximum atomic E-state index is 13.0. The number of aromatic nitrogens is 2. The monoisotopic (exact) mass is 336 g/mol. The van der Waals surface area contributed by atoms with Crippen molar-refractivity contribution in [2.45, 2.75) is 19.4 Å². The van der Waals surface area contributed by atoms with E-state index < -0.39 is 6.10 Å². The Labute approximate surface area is 139 Å². The Morgan fingerprint density at radius 3 is 2.70 bits per heavy atom. The van der Waals surface area contributed by atoms with Gasteiger partial charge in [-0.25, -0.2) is 9.37 Å². The highest BCUT2D eigenvalue weighted by Gasteiger charge is 2.20.